The van der Waals surface area contributed by atoms with Crippen LogP contribution in [0.5, 0.6) is 0 Å². The average molecular weight is 270 g/mol. The third-order valence-electron chi connectivity index (χ3n) is 1.96. The van der Waals surface area contributed by atoms with Crippen molar-refractivity contribution in [3.8, 4) is 0 Å². The summed E-state index contributed by atoms with van der Waals surface area (Å²) in [6.07, 6.45) is 5.22. The van der Waals surface area contributed by atoms with Crippen molar-refractivity contribution in [3.05, 3.63) is 34.3 Å². The van der Waals surface area contributed by atoms with Gasteiger partial charge in [-0.05, 0) is 24.1 Å². The van der Waals surface area contributed by atoms with Crippen LogP contribution in [0.3, 0.4) is 0 Å². The Labute approximate surface area is 99.5 Å². The summed E-state index contributed by atoms with van der Waals surface area (Å²) in [6.45, 7) is 2.88. The zero-order valence-corrected chi connectivity index (χ0v) is 10.5. The van der Waals surface area contributed by atoms with Crippen molar-refractivity contribution in [1.29, 1.82) is 0 Å². The summed E-state index contributed by atoms with van der Waals surface area (Å²) in [7, 11) is 0. The maximum absolute atomic E-state index is 5.13. The zero-order chi connectivity index (χ0) is 10.9. The molecule has 82 valence electrons. The van der Waals surface area contributed by atoms with Gasteiger partial charge in [0, 0.05) is 4.47 Å². The van der Waals surface area contributed by atoms with Gasteiger partial charge in [0.15, 0.2) is 0 Å². The molecule has 0 saturated carbocycles. The number of oxime groups is 1. The summed E-state index contributed by atoms with van der Waals surface area (Å²) in [5.41, 5.74) is 1.04. The highest BCUT2D eigenvalue weighted by atomic mass is 79.9. The van der Waals surface area contributed by atoms with E-state index in [0.717, 1.165) is 16.5 Å². The third kappa shape index (κ3) is 5.57. The molecule has 0 spiro atoms. The minimum atomic E-state index is 0.707. The Morgan fingerprint density at radius 2 is 2.27 bits per heavy atom. The fraction of sp³-hybridized carbons (Fsp3) is 0.417. The molecule has 0 fully saturated rings. The lowest BCUT2D eigenvalue weighted by molar-refractivity contribution is 0.141. The van der Waals surface area contributed by atoms with E-state index >= 15 is 0 Å². The van der Waals surface area contributed by atoms with Gasteiger partial charge in [0.25, 0.3) is 0 Å². The molecule has 0 atom stereocenters. The standard InChI is InChI=1S/C12H16BrNO/c1-2-3-4-8-15-14-10-11-6-5-7-12(13)9-11/h5-7,9-10H,2-4,8H2,1H3. The molecule has 1 rings (SSSR count). The highest BCUT2D eigenvalue weighted by molar-refractivity contribution is 9.10. The molecule has 0 N–H and O–H groups in total. The van der Waals surface area contributed by atoms with Crippen LogP contribution in [0.25, 0.3) is 0 Å². The lowest BCUT2D eigenvalue weighted by Gasteiger charge is -1.97. The van der Waals surface area contributed by atoms with Crippen molar-refractivity contribution in [2.24, 2.45) is 5.16 Å². The maximum atomic E-state index is 5.13. The first-order valence-electron chi connectivity index (χ1n) is 5.24. The molecular weight excluding hydrogens is 254 g/mol. The van der Waals surface area contributed by atoms with E-state index < -0.39 is 0 Å². The lowest BCUT2D eigenvalue weighted by Crippen LogP contribution is -1.88. The Kier molecular flexibility index (Phi) is 6.09. The smallest absolute Gasteiger partial charge is 0.117 e. The number of hydrogen-bond donors (Lipinski definition) is 0. The van der Waals surface area contributed by atoms with Crippen molar-refractivity contribution < 1.29 is 4.84 Å². The van der Waals surface area contributed by atoms with Gasteiger partial charge in [-0.3, -0.25) is 0 Å². The molecule has 0 radical (unpaired) electrons. The van der Waals surface area contributed by atoms with E-state index in [1.54, 1.807) is 6.21 Å². The highest BCUT2D eigenvalue weighted by Gasteiger charge is 1.89. The summed E-state index contributed by atoms with van der Waals surface area (Å²) in [5.74, 6) is 0. The van der Waals surface area contributed by atoms with Crippen LogP contribution in [0.1, 0.15) is 31.7 Å². The van der Waals surface area contributed by atoms with Crippen LogP contribution in [0, 0.1) is 0 Å². The molecule has 1 aromatic rings. The molecule has 15 heavy (non-hydrogen) atoms. The monoisotopic (exact) mass is 269 g/mol. The van der Waals surface area contributed by atoms with Gasteiger partial charge in [0.05, 0.1) is 6.21 Å². The van der Waals surface area contributed by atoms with Crippen molar-refractivity contribution in [2.75, 3.05) is 6.61 Å². The van der Waals surface area contributed by atoms with Gasteiger partial charge >= 0.3 is 0 Å². The molecule has 0 heterocycles. The van der Waals surface area contributed by atoms with E-state index in [2.05, 4.69) is 28.0 Å². The van der Waals surface area contributed by atoms with Gasteiger partial charge in [-0.1, -0.05) is 53.0 Å². The topological polar surface area (TPSA) is 21.6 Å². The Hall–Kier alpha value is -0.830. The fourth-order valence-corrected chi connectivity index (χ4v) is 1.57. The number of hydrogen-bond acceptors (Lipinski definition) is 2. The Balaban J connectivity index is 2.26. The van der Waals surface area contributed by atoms with E-state index in [0.29, 0.717) is 6.61 Å². The summed E-state index contributed by atoms with van der Waals surface area (Å²) in [5, 5.41) is 3.91. The van der Waals surface area contributed by atoms with E-state index in [9.17, 15) is 0 Å². The summed E-state index contributed by atoms with van der Waals surface area (Å²) in [6, 6.07) is 7.95. The summed E-state index contributed by atoms with van der Waals surface area (Å²) < 4.78 is 1.05. The van der Waals surface area contributed by atoms with E-state index in [1.165, 1.54) is 12.8 Å². The first kappa shape index (κ1) is 12.2. The van der Waals surface area contributed by atoms with Crippen LogP contribution >= 0.6 is 15.9 Å². The van der Waals surface area contributed by atoms with E-state index in [4.69, 9.17) is 4.84 Å². The minimum absolute atomic E-state index is 0.707. The van der Waals surface area contributed by atoms with Crippen LogP contribution in [0.2, 0.25) is 0 Å². The second-order valence-corrected chi connectivity index (χ2v) is 4.25. The average Bonchev–Trinajstić information content (AvgIpc) is 2.23. The van der Waals surface area contributed by atoms with E-state index in [1.807, 2.05) is 24.3 Å². The van der Waals surface area contributed by atoms with Crippen molar-refractivity contribution >= 4 is 22.1 Å². The predicted octanol–water partition coefficient (Wildman–Crippen LogP) is 3.99. The van der Waals surface area contributed by atoms with Crippen LogP contribution in [0.4, 0.5) is 0 Å². The lowest BCUT2D eigenvalue weighted by atomic mass is 10.2. The molecule has 0 aliphatic carbocycles. The molecule has 0 saturated heterocycles. The van der Waals surface area contributed by atoms with E-state index in [-0.39, 0.29) is 0 Å². The van der Waals surface area contributed by atoms with Gasteiger partial charge in [-0.25, -0.2) is 0 Å². The fourth-order valence-electron chi connectivity index (χ4n) is 1.15. The molecule has 1 aromatic carbocycles. The molecule has 2 nitrogen and oxygen atoms in total. The molecule has 0 aromatic heterocycles. The van der Waals surface area contributed by atoms with Gasteiger partial charge in [0.1, 0.15) is 6.61 Å². The van der Waals surface area contributed by atoms with Crippen LogP contribution in [-0.4, -0.2) is 12.8 Å². The molecule has 0 bridgehead atoms. The Bertz CT molecular complexity index is 312. The maximum Gasteiger partial charge on any atom is 0.117 e. The van der Waals surface area contributed by atoms with Gasteiger partial charge < -0.3 is 4.84 Å². The minimum Gasteiger partial charge on any atom is -0.396 e. The predicted molar refractivity (Wildman–Crippen MR) is 67.2 cm³/mol. The van der Waals surface area contributed by atoms with Gasteiger partial charge in [-0.15, -0.1) is 0 Å². The second-order valence-electron chi connectivity index (χ2n) is 3.33. The Morgan fingerprint density at radius 3 is 3.00 bits per heavy atom. The van der Waals surface area contributed by atoms with Crippen molar-refractivity contribution in [3.63, 3.8) is 0 Å². The van der Waals surface area contributed by atoms with Gasteiger partial charge in [0.2, 0.25) is 0 Å². The molecular formula is C12H16BrNO. The number of nitrogens with zero attached hydrogens (tertiary/aromatic N) is 1. The molecule has 0 aliphatic rings. The SMILES string of the molecule is CCCCCON=Cc1cccc(Br)c1. The molecule has 0 aliphatic heterocycles. The van der Waals surface area contributed by atoms with Crippen molar-refractivity contribution in [2.45, 2.75) is 26.2 Å². The molecule has 0 amide bonds. The Morgan fingerprint density at radius 1 is 1.40 bits per heavy atom. The molecule has 3 heteroatoms. The molecule has 0 unspecified atom stereocenters. The normalized spacial score (nSPS) is 10.8. The summed E-state index contributed by atoms with van der Waals surface area (Å²) in [4.78, 5) is 5.13. The number of halogens is 1. The van der Waals surface area contributed by atoms with Gasteiger partial charge in [-0.2, -0.15) is 0 Å². The first-order chi connectivity index (χ1) is 7.33. The largest absolute Gasteiger partial charge is 0.396 e. The summed E-state index contributed by atoms with van der Waals surface area (Å²) >= 11 is 3.40. The third-order valence-corrected chi connectivity index (χ3v) is 2.46. The van der Waals surface area contributed by atoms with Crippen LogP contribution in [-0.2, 0) is 4.84 Å². The first-order valence-corrected chi connectivity index (χ1v) is 6.03. The zero-order valence-electron chi connectivity index (χ0n) is 8.95. The highest BCUT2D eigenvalue weighted by Crippen LogP contribution is 2.09. The quantitative estimate of drug-likeness (QED) is 0.435. The number of rotatable bonds is 6. The second kappa shape index (κ2) is 7.46. The van der Waals surface area contributed by atoms with Crippen LogP contribution in [0.15, 0.2) is 33.9 Å². The number of benzene rings is 1. The number of unbranched alkanes of at least 4 members (excludes halogenated alkanes) is 2. The van der Waals surface area contributed by atoms with Crippen LogP contribution < -0.4 is 0 Å². The van der Waals surface area contributed by atoms with Crippen molar-refractivity contribution in [1.82, 2.24) is 0 Å².